The summed E-state index contributed by atoms with van der Waals surface area (Å²) in [6.45, 7) is 0. The van der Waals surface area contributed by atoms with Crippen molar-refractivity contribution in [3.8, 4) is 5.69 Å². The maximum absolute atomic E-state index is 13.8. The predicted molar refractivity (Wildman–Crippen MR) is 99.6 cm³/mol. The Morgan fingerprint density at radius 1 is 1.00 bits per heavy atom. The van der Waals surface area contributed by atoms with Crippen molar-refractivity contribution in [1.29, 1.82) is 0 Å². The first kappa shape index (κ1) is 16.6. The van der Waals surface area contributed by atoms with Gasteiger partial charge in [0.1, 0.15) is 17.8 Å². The Labute approximate surface area is 157 Å². The second-order valence-corrected chi connectivity index (χ2v) is 6.49. The van der Waals surface area contributed by atoms with Gasteiger partial charge in [-0.25, -0.2) is 4.98 Å². The van der Waals surface area contributed by atoms with Gasteiger partial charge in [-0.15, -0.1) is 0 Å². The summed E-state index contributed by atoms with van der Waals surface area (Å²) in [5.41, 5.74) is 1.88. The molecule has 3 heterocycles. The van der Waals surface area contributed by atoms with Crippen molar-refractivity contribution < 1.29 is 13.2 Å². The van der Waals surface area contributed by atoms with Gasteiger partial charge in [0.05, 0.1) is 17.4 Å². The molecular weight excluding hydrogens is 367 g/mol. The van der Waals surface area contributed by atoms with Gasteiger partial charge >= 0.3 is 6.18 Å². The van der Waals surface area contributed by atoms with Gasteiger partial charge in [-0.05, 0) is 36.4 Å². The molecule has 0 bridgehead atoms. The smallest absolute Gasteiger partial charge is 0.290 e. The number of halogens is 3. The number of nitrogens with zero attached hydrogens (tertiary/aromatic N) is 4. The zero-order valence-electron chi connectivity index (χ0n) is 14.5. The van der Waals surface area contributed by atoms with E-state index in [2.05, 4.69) is 15.2 Å². The van der Waals surface area contributed by atoms with Crippen molar-refractivity contribution in [3.63, 3.8) is 0 Å². The summed E-state index contributed by atoms with van der Waals surface area (Å²) >= 11 is 0. The number of para-hydroxylation sites is 1. The molecule has 4 aromatic rings. The van der Waals surface area contributed by atoms with Crippen LogP contribution in [0.3, 0.4) is 0 Å². The molecular formula is C20H14F3N5. The van der Waals surface area contributed by atoms with Crippen molar-refractivity contribution in [1.82, 2.24) is 19.7 Å². The Kier molecular flexibility index (Phi) is 3.55. The highest BCUT2D eigenvalue weighted by molar-refractivity contribution is 5.81. The fourth-order valence-corrected chi connectivity index (χ4v) is 3.51. The minimum atomic E-state index is -4.49. The number of allylic oxidation sites excluding steroid dienone is 2. The van der Waals surface area contributed by atoms with E-state index < -0.39 is 11.9 Å². The lowest BCUT2D eigenvalue weighted by molar-refractivity contribution is -0.0929. The summed E-state index contributed by atoms with van der Waals surface area (Å²) in [4.78, 5) is 5.61. The van der Waals surface area contributed by atoms with Gasteiger partial charge < -0.3 is 0 Å². The van der Waals surface area contributed by atoms with Crippen LogP contribution >= 0.6 is 0 Å². The molecule has 0 spiro atoms. The number of nitrogens with one attached hydrogen (secondary N) is 1. The van der Waals surface area contributed by atoms with Crippen molar-refractivity contribution in [2.45, 2.75) is 12.6 Å². The molecule has 0 aliphatic carbocycles. The van der Waals surface area contributed by atoms with E-state index in [0.717, 1.165) is 10.9 Å². The van der Waals surface area contributed by atoms with Crippen LogP contribution in [0.2, 0.25) is 0 Å². The third kappa shape index (κ3) is 2.57. The summed E-state index contributed by atoms with van der Waals surface area (Å²) < 4.78 is 43.2. The highest BCUT2D eigenvalue weighted by Crippen LogP contribution is 2.43. The molecule has 0 atom stereocenters. The molecule has 0 radical (unpaired) electrons. The molecule has 1 N–H and O–H groups in total. The lowest BCUT2D eigenvalue weighted by Crippen LogP contribution is -2.32. The largest absolute Gasteiger partial charge is 0.431 e. The van der Waals surface area contributed by atoms with E-state index in [9.17, 15) is 13.2 Å². The second kappa shape index (κ2) is 5.98. The van der Waals surface area contributed by atoms with E-state index in [1.165, 1.54) is 11.0 Å². The van der Waals surface area contributed by atoms with Crippen LogP contribution in [0, 0.1) is 0 Å². The number of rotatable bonds is 2. The molecule has 28 heavy (non-hydrogen) atoms. The fraction of sp³-hybridized carbons (Fsp3) is 0.100. The van der Waals surface area contributed by atoms with Crippen LogP contribution in [-0.4, -0.2) is 25.9 Å². The number of fused-ring (bicyclic) bond motifs is 2. The number of alkyl halides is 3. The first-order valence-electron chi connectivity index (χ1n) is 8.64. The van der Waals surface area contributed by atoms with E-state index in [4.69, 9.17) is 0 Å². The Balaban J connectivity index is 1.72. The van der Waals surface area contributed by atoms with Crippen LogP contribution in [0.4, 0.5) is 24.7 Å². The van der Waals surface area contributed by atoms with Crippen LogP contribution in [0.5, 0.6) is 0 Å². The molecule has 0 unspecified atom stereocenters. The lowest BCUT2D eigenvalue weighted by Gasteiger charge is -2.32. The molecule has 8 heteroatoms. The van der Waals surface area contributed by atoms with E-state index in [0.29, 0.717) is 22.9 Å². The summed E-state index contributed by atoms with van der Waals surface area (Å²) in [6.07, 6.45) is 0.0603. The molecule has 0 amide bonds. The first-order chi connectivity index (χ1) is 13.5. The summed E-state index contributed by atoms with van der Waals surface area (Å²) in [5, 5.41) is 7.74. The molecule has 5 rings (SSSR count). The van der Waals surface area contributed by atoms with Crippen molar-refractivity contribution in [2.75, 3.05) is 4.90 Å². The minimum absolute atomic E-state index is 0.120. The molecule has 0 saturated carbocycles. The van der Waals surface area contributed by atoms with Crippen LogP contribution in [0.25, 0.3) is 16.6 Å². The van der Waals surface area contributed by atoms with Gasteiger partial charge in [0.15, 0.2) is 0 Å². The highest BCUT2D eigenvalue weighted by atomic mass is 19.4. The number of hydrogen-bond acceptors (Lipinski definition) is 3. The van der Waals surface area contributed by atoms with Gasteiger partial charge in [-0.2, -0.15) is 18.3 Å². The van der Waals surface area contributed by atoms with E-state index >= 15 is 0 Å². The molecule has 1 aliphatic heterocycles. The summed E-state index contributed by atoms with van der Waals surface area (Å²) in [7, 11) is 0. The molecule has 5 nitrogen and oxygen atoms in total. The van der Waals surface area contributed by atoms with Gasteiger partial charge in [-0.3, -0.25) is 14.6 Å². The maximum Gasteiger partial charge on any atom is 0.431 e. The zero-order valence-corrected chi connectivity index (χ0v) is 14.5. The number of anilines is 2. The van der Waals surface area contributed by atoms with Crippen molar-refractivity contribution in [3.05, 3.63) is 78.5 Å². The minimum Gasteiger partial charge on any atom is -0.290 e. The lowest BCUT2D eigenvalue weighted by atomic mass is 10.1. The second-order valence-electron chi connectivity index (χ2n) is 6.49. The third-order valence-electron chi connectivity index (χ3n) is 4.76. The molecule has 140 valence electrons. The number of benzene rings is 2. The van der Waals surface area contributed by atoms with E-state index in [1.807, 2.05) is 18.2 Å². The van der Waals surface area contributed by atoms with Gasteiger partial charge in [-0.1, -0.05) is 18.2 Å². The predicted octanol–water partition coefficient (Wildman–Crippen LogP) is 4.89. The Morgan fingerprint density at radius 2 is 1.82 bits per heavy atom. The normalized spacial score (nSPS) is 14.2. The number of aromatic amines is 1. The van der Waals surface area contributed by atoms with Crippen molar-refractivity contribution in [2.24, 2.45) is 0 Å². The number of H-pyrrole nitrogens is 1. The van der Waals surface area contributed by atoms with E-state index in [-0.39, 0.29) is 6.42 Å². The molecule has 2 aromatic carbocycles. The summed E-state index contributed by atoms with van der Waals surface area (Å²) in [6, 6.07) is 14.1. The fourth-order valence-electron chi connectivity index (χ4n) is 3.51. The average molecular weight is 381 g/mol. The number of hydrogen-bond donors (Lipinski definition) is 1. The third-order valence-corrected chi connectivity index (χ3v) is 4.76. The average Bonchev–Trinajstić information content (AvgIpc) is 3.33. The van der Waals surface area contributed by atoms with Gasteiger partial charge in [0, 0.05) is 23.2 Å². The Hall–Kier alpha value is -3.55. The van der Waals surface area contributed by atoms with Crippen molar-refractivity contribution >= 4 is 22.4 Å². The summed E-state index contributed by atoms with van der Waals surface area (Å²) in [5.74, 6) is 0.392. The van der Waals surface area contributed by atoms with Crippen LogP contribution in [0.1, 0.15) is 5.69 Å². The van der Waals surface area contributed by atoms with Crippen LogP contribution in [0.15, 0.2) is 72.8 Å². The molecule has 0 fully saturated rings. The number of aromatic nitrogens is 4. The highest BCUT2D eigenvalue weighted by Gasteiger charge is 2.42. The van der Waals surface area contributed by atoms with E-state index in [1.54, 1.807) is 47.4 Å². The first-order valence-corrected chi connectivity index (χ1v) is 8.64. The SMILES string of the molecule is FC(F)(F)C1=CCc2ncn(-c3ccc4[nH]ncc4c3)c2N1c1ccccc1. The molecule has 1 aliphatic rings. The monoisotopic (exact) mass is 381 g/mol. The molecule has 2 aromatic heterocycles. The zero-order chi connectivity index (χ0) is 19.3. The van der Waals surface area contributed by atoms with Gasteiger partial charge in [0.2, 0.25) is 0 Å². The van der Waals surface area contributed by atoms with Gasteiger partial charge in [0.25, 0.3) is 0 Å². The topological polar surface area (TPSA) is 49.7 Å². The maximum atomic E-state index is 13.8. The standard InChI is InChI=1S/C20H14F3N5/c21-20(22,23)18-9-8-17-19(28(18)14-4-2-1-3-5-14)27(12-24-17)15-6-7-16-13(10-15)11-25-26-16/h1-7,9-12H,8H2,(H,25,26). The van der Waals surface area contributed by atoms with Crippen LogP contribution < -0.4 is 4.90 Å². The Bertz CT molecular complexity index is 1190. The Morgan fingerprint density at radius 3 is 2.61 bits per heavy atom. The number of imidazole rings is 1. The quantitative estimate of drug-likeness (QED) is 0.538. The molecule has 0 saturated heterocycles. The van der Waals surface area contributed by atoms with Crippen LogP contribution in [-0.2, 0) is 6.42 Å².